The Morgan fingerprint density at radius 3 is 2.94 bits per heavy atom. The van der Waals surface area contributed by atoms with E-state index in [-0.39, 0.29) is 0 Å². The normalized spacial score (nSPS) is 16.9. The van der Waals surface area contributed by atoms with Gasteiger partial charge in [-0.15, -0.1) is 0 Å². The summed E-state index contributed by atoms with van der Waals surface area (Å²) >= 11 is 0. The van der Waals surface area contributed by atoms with Gasteiger partial charge in [0.1, 0.15) is 0 Å². The zero-order valence-electron chi connectivity index (χ0n) is 11.4. The minimum Gasteiger partial charge on any atom is -0.501 e. The number of ether oxygens (including phenoxy) is 1. The predicted octanol–water partition coefficient (Wildman–Crippen LogP) is 3.21. The topological polar surface area (TPSA) is 21.3 Å². The maximum atomic E-state index is 5.43. The molecule has 0 fully saturated rings. The van der Waals surface area contributed by atoms with Crippen molar-refractivity contribution in [2.24, 2.45) is 0 Å². The van der Waals surface area contributed by atoms with Gasteiger partial charge < -0.3 is 10.1 Å². The molecule has 0 radical (unpaired) electrons. The van der Waals surface area contributed by atoms with Crippen LogP contribution >= 0.6 is 0 Å². The summed E-state index contributed by atoms with van der Waals surface area (Å²) in [6, 6.07) is 9.23. The van der Waals surface area contributed by atoms with Crippen LogP contribution in [0.4, 0.5) is 0 Å². The van der Waals surface area contributed by atoms with Crippen LogP contribution in [0.3, 0.4) is 0 Å². The SMILES string of the molecule is CNC(CCc1cccc(C)c1)C1=COCCC1. The molecule has 0 amide bonds. The van der Waals surface area contributed by atoms with Gasteiger partial charge in [0.2, 0.25) is 0 Å². The first-order valence-corrected chi connectivity index (χ1v) is 6.83. The summed E-state index contributed by atoms with van der Waals surface area (Å²) in [4.78, 5) is 0. The Kier molecular flexibility index (Phi) is 4.82. The smallest absolute Gasteiger partial charge is 0.0876 e. The molecule has 98 valence electrons. The van der Waals surface area contributed by atoms with E-state index < -0.39 is 0 Å². The van der Waals surface area contributed by atoms with E-state index in [0.717, 1.165) is 25.9 Å². The molecule has 2 heteroatoms. The van der Waals surface area contributed by atoms with Gasteiger partial charge in [-0.1, -0.05) is 29.8 Å². The Morgan fingerprint density at radius 2 is 2.28 bits per heavy atom. The number of hydrogen-bond acceptors (Lipinski definition) is 2. The van der Waals surface area contributed by atoms with Gasteiger partial charge in [0.05, 0.1) is 12.9 Å². The van der Waals surface area contributed by atoms with Crippen molar-refractivity contribution in [3.63, 3.8) is 0 Å². The molecule has 0 spiro atoms. The van der Waals surface area contributed by atoms with E-state index in [1.807, 2.05) is 13.3 Å². The van der Waals surface area contributed by atoms with Crippen LogP contribution in [0.25, 0.3) is 0 Å². The van der Waals surface area contributed by atoms with E-state index in [4.69, 9.17) is 4.74 Å². The third-order valence-electron chi connectivity index (χ3n) is 3.56. The van der Waals surface area contributed by atoms with Crippen LogP contribution in [0.2, 0.25) is 0 Å². The van der Waals surface area contributed by atoms with Gasteiger partial charge in [0.15, 0.2) is 0 Å². The molecule has 0 aliphatic carbocycles. The summed E-state index contributed by atoms with van der Waals surface area (Å²) in [5, 5.41) is 3.41. The standard InChI is InChI=1S/C16H23NO/c1-13-5-3-6-14(11-13)8-9-16(17-2)15-7-4-10-18-12-15/h3,5-6,11-12,16-17H,4,7-10H2,1-2H3. The third kappa shape index (κ3) is 3.61. The molecular weight excluding hydrogens is 222 g/mol. The quantitative estimate of drug-likeness (QED) is 0.860. The number of aryl methyl sites for hydroxylation is 2. The molecule has 0 saturated carbocycles. The summed E-state index contributed by atoms with van der Waals surface area (Å²) in [6.45, 7) is 3.02. The molecule has 1 heterocycles. The number of benzene rings is 1. The van der Waals surface area contributed by atoms with E-state index in [0.29, 0.717) is 6.04 Å². The highest BCUT2D eigenvalue weighted by Gasteiger charge is 2.15. The Balaban J connectivity index is 1.92. The van der Waals surface area contributed by atoms with E-state index in [1.165, 1.54) is 23.1 Å². The van der Waals surface area contributed by atoms with Crippen LogP contribution < -0.4 is 5.32 Å². The maximum absolute atomic E-state index is 5.43. The van der Waals surface area contributed by atoms with Crippen LogP contribution in [0, 0.1) is 6.92 Å². The number of likely N-dealkylation sites (N-methyl/N-ethyl adjacent to an activating group) is 1. The van der Waals surface area contributed by atoms with Crippen LogP contribution in [0.1, 0.15) is 30.4 Å². The summed E-state index contributed by atoms with van der Waals surface area (Å²) < 4.78 is 5.43. The Bertz CT molecular complexity index is 411. The average molecular weight is 245 g/mol. The highest BCUT2D eigenvalue weighted by Crippen LogP contribution is 2.19. The second-order valence-corrected chi connectivity index (χ2v) is 5.04. The Labute approximate surface area is 110 Å². The fraction of sp³-hybridized carbons (Fsp3) is 0.500. The maximum Gasteiger partial charge on any atom is 0.0876 e. The Morgan fingerprint density at radius 1 is 1.39 bits per heavy atom. The van der Waals surface area contributed by atoms with Crippen molar-refractivity contribution in [2.75, 3.05) is 13.7 Å². The molecule has 18 heavy (non-hydrogen) atoms. The fourth-order valence-electron chi connectivity index (χ4n) is 2.53. The molecule has 1 aliphatic heterocycles. The lowest BCUT2D eigenvalue weighted by Crippen LogP contribution is -2.29. The molecule has 2 rings (SSSR count). The minimum absolute atomic E-state index is 0.450. The monoisotopic (exact) mass is 245 g/mol. The molecule has 1 atom stereocenters. The molecule has 1 aliphatic rings. The van der Waals surface area contributed by atoms with Gasteiger partial charge in [-0.2, -0.15) is 0 Å². The van der Waals surface area contributed by atoms with E-state index in [2.05, 4.69) is 36.5 Å². The lowest BCUT2D eigenvalue weighted by atomic mass is 9.95. The summed E-state index contributed by atoms with van der Waals surface area (Å²) in [5.41, 5.74) is 4.18. The fourth-order valence-corrected chi connectivity index (χ4v) is 2.53. The zero-order chi connectivity index (χ0) is 12.8. The van der Waals surface area contributed by atoms with E-state index >= 15 is 0 Å². The van der Waals surface area contributed by atoms with Crippen molar-refractivity contribution >= 4 is 0 Å². The van der Waals surface area contributed by atoms with Gasteiger partial charge in [0, 0.05) is 6.04 Å². The molecule has 0 aromatic heterocycles. The minimum atomic E-state index is 0.450. The molecule has 0 bridgehead atoms. The third-order valence-corrected chi connectivity index (χ3v) is 3.56. The van der Waals surface area contributed by atoms with Gasteiger partial charge in [-0.25, -0.2) is 0 Å². The zero-order valence-corrected chi connectivity index (χ0v) is 11.4. The molecule has 2 nitrogen and oxygen atoms in total. The van der Waals surface area contributed by atoms with E-state index in [9.17, 15) is 0 Å². The van der Waals surface area contributed by atoms with Crippen molar-refractivity contribution in [1.29, 1.82) is 0 Å². The van der Waals surface area contributed by atoms with Crippen molar-refractivity contribution in [3.8, 4) is 0 Å². The van der Waals surface area contributed by atoms with Gasteiger partial charge >= 0.3 is 0 Å². The van der Waals surface area contributed by atoms with Crippen molar-refractivity contribution in [2.45, 2.75) is 38.6 Å². The lowest BCUT2D eigenvalue weighted by molar-refractivity contribution is 0.219. The highest BCUT2D eigenvalue weighted by molar-refractivity contribution is 5.23. The van der Waals surface area contributed by atoms with Crippen LogP contribution in [0.5, 0.6) is 0 Å². The first-order chi connectivity index (χ1) is 8.79. The number of rotatable bonds is 5. The molecule has 1 aromatic carbocycles. The summed E-state index contributed by atoms with van der Waals surface area (Å²) in [6.07, 6.45) is 6.52. The lowest BCUT2D eigenvalue weighted by Gasteiger charge is -2.23. The van der Waals surface area contributed by atoms with Crippen LogP contribution in [-0.4, -0.2) is 19.7 Å². The molecule has 0 saturated heterocycles. The van der Waals surface area contributed by atoms with Gasteiger partial charge in [-0.3, -0.25) is 0 Å². The van der Waals surface area contributed by atoms with Crippen molar-refractivity contribution in [1.82, 2.24) is 5.32 Å². The molecular formula is C16H23NO. The second kappa shape index (κ2) is 6.60. The van der Waals surface area contributed by atoms with Crippen molar-refractivity contribution in [3.05, 3.63) is 47.2 Å². The predicted molar refractivity (Wildman–Crippen MR) is 75.6 cm³/mol. The van der Waals surface area contributed by atoms with Gasteiger partial charge in [0.25, 0.3) is 0 Å². The summed E-state index contributed by atoms with van der Waals surface area (Å²) in [5.74, 6) is 0. The molecule has 1 N–H and O–H groups in total. The molecule has 1 aromatic rings. The summed E-state index contributed by atoms with van der Waals surface area (Å²) in [7, 11) is 2.04. The Hall–Kier alpha value is -1.28. The van der Waals surface area contributed by atoms with Gasteiger partial charge in [-0.05, 0) is 50.8 Å². The van der Waals surface area contributed by atoms with E-state index in [1.54, 1.807) is 0 Å². The second-order valence-electron chi connectivity index (χ2n) is 5.04. The van der Waals surface area contributed by atoms with Crippen molar-refractivity contribution < 1.29 is 4.74 Å². The molecule has 1 unspecified atom stereocenters. The first-order valence-electron chi connectivity index (χ1n) is 6.83. The highest BCUT2D eigenvalue weighted by atomic mass is 16.5. The largest absolute Gasteiger partial charge is 0.501 e. The number of nitrogens with one attached hydrogen (secondary N) is 1. The first kappa shape index (κ1) is 13.2. The van der Waals surface area contributed by atoms with Crippen LogP contribution in [0.15, 0.2) is 36.1 Å². The average Bonchev–Trinajstić information content (AvgIpc) is 2.41. The number of hydrogen-bond donors (Lipinski definition) is 1. The van der Waals surface area contributed by atoms with Crippen LogP contribution in [-0.2, 0) is 11.2 Å².